The van der Waals surface area contributed by atoms with Crippen molar-refractivity contribution in [2.45, 2.75) is 13.3 Å². The lowest BCUT2D eigenvalue weighted by atomic mass is 10.2. The predicted octanol–water partition coefficient (Wildman–Crippen LogP) is 3.74. The Kier molecular flexibility index (Phi) is 3.47. The van der Waals surface area contributed by atoms with Crippen molar-refractivity contribution in [3.63, 3.8) is 0 Å². The highest BCUT2D eigenvalue weighted by molar-refractivity contribution is 7.18. The molecule has 0 aliphatic carbocycles. The van der Waals surface area contributed by atoms with E-state index in [0.29, 0.717) is 5.82 Å². The van der Waals surface area contributed by atoms with E-state index in [4.69, 9.17) is 5.73 Å². The molecule has 1 aromatic carbocycles. The van der Waals surface area contributed by atoms with E-state index in [0.717, 1.165) is 22.3 Å². The first kappa shape index (κ1) is 13.8. The molecule has 0 atom stereocenters. The van der Waals surface area contributed by atoms with E-state index in [9.17, 15) is 4.39 Å². The minimum Gasteiger partial charge on any atom is -0.368 e. The third kappa shape index (κ3) is 2.54. The van der Waals surface area contributed by atoms with Crippen molar-refractivity contribution >= 4 is 39.0 Å². The molecule has 0 spiro atoms. The van der Waals surface area contributed by atoms with Gasteiger partial charge in [0.05, 0.1) is 5.39 Å². The van der Waals surface area contributed by atoms with Crippen molar-refractivity contribution in [1.29, 1.82) is 0 Å². The summed E-state index contributed by atoms with van der Waals surface area (Å²) in [5.41, 5.74) is 6.53. The zero-order valence-corrected chi connectivity index (χ0v) is 12.6. The summed E-state index contributed by atoms with van der Waals surface area (Å²) in [4.78, 5) is 12.5. The topological polar surface area (TPSA) is 55.0 Å². The smallest absolute Gasteiger partial charge is 0.223 e. The number of thiophene rings is 1. The maximum atomic E-state index is 13.4. The molecular weight excluding hydrogens is 287 g/mol. The molecule has 0 bridgehead atoms. The normalized spacial score (nSPS) is 11.0. The van der Waals surface area contributed by atoms with Crippen molar-refractivity contribution < 1.29 is 4.39 Å². The molecule has 2 aromatic heterocycles. The summed E-state index contributed by atoms with van der Waals surface area (Å²) < 4.78 is 13.4. The summed E-state index contributed by atoms with van der Waals surface area (Å²) in [5, 5.41) is 0.942. The first-order chi connectivity index (χ1) is 10.1. The first-order valence-corrected chi connectivity index (χ1v) is 7.45. The van der Waals surface area contributed by atoms with Gasteiger partial charge in [0.1, 0.15) is 16.5 Å². The molecule has 21 heavy (non-hydrogen) atoms. The zero-order chi connectivity index (χ0) is 15.0. The van der Waals surface area contributed by atoms with Crippen LogP contribution in [0.25, 0.3) is 10.2 Å². The van der Waals surface area contributed by atoms with E-state index in [2.05, 4.69) is 23.0 Å². The predicted molar refractivity (Wildman–Crippen MR) is 85.7 cm³/mol. The molecule has 0 fully saturated rings. The van der Waals surface area contributed by atoms with Gasteiger partial charge in [0, 0.05) is 17.6 Å². The zero-order valence-electron chi connectivity index (χ0n) is 11.8. The second-order valence-corrected chi connectivity index (χ2v) is 5.84. The van der Waals surface area contributed by atoms with Crippen molar-refractivity contribution in [1.82, 2.24) is 9.97 Å². The van der Waals surface area contributed by atoms with E-state index < -0.39 is 0 Å². The highest BCUT2D eigenvalue weighted by Gasteiger charge is 2.15. The Morgan fingerprint density at radius 2 is 2.10 bits per heavy atom. The van der Waals surface area contributed by atoms with Crippen LogP contribution in [-0.2, 0) is 6.42 Å². The summed E-state index contributed by atoms with van der Waals surface area (Å²) >= 11 is 1.61. The number of rotatable bonds is 3. The van der Waals surface area contributed by atoms with Crippen LogP contribution < -0.4 is 10.6 Å². The maximum Gasteiger partial charge on any atom is 0.223 e. The van der Waals surface area contributed by atoms with Gasteiger partial charge in [-0.3, -0.25) is 0 Å². The SMILES string of the molecule is CCc1cc2c(N(C)c3cccc(F)c3)nc(N)nc2s1. The van der Waals surface area contributed by atoms with Crippen LogP contribution in [0.1, 0.15) is 11.8 Å². The van der Waals surface area contributed by atoms with Gasteiger partial charge in [0.2, 0.25) is 5.95 Å². The Bertz CT molecular complexity index is 799. The fraction of sp³-hybridized carbons (Fsp3) is 0.200. The van der Waals surface area contributed by atoms with Crippen molar-refractivity contribution in [2.24, 2.45) is 0 Å². The lowest BCUT2D eigenvalue weighted by Gasteiger charge is -2.19. The third-order valence-corrected chi connectivity index (χ3v) is 4.48. The molecule has 0 radical (unpaired) electrons. The molecule has 0 saturated carbocycles. The Morgan fingerprint density at radius 3 is 2.81 bits per heavy atom. The Morgan fingerprint density at radius 1 is 1.29 bits per heavy atom. The van der Waals surface area contributed by atoms with E-state index in [-0.39, 0.29) is 11.8 Å². The number of hydrogen-bond acceptors (Lipinski definition) is 5. The second kappa shape index (κ2) is 5.29. The molecule has 108 valence electrons. The summed E-state index contributed by atoms with van der Waals surface area (Å²) in [5.74, 6) is 0.640. The van der Waals surface area contributed by atoms with Crippen LogP contribution in [-0.4, -0.2) is 17.0 Å². The van der Waals surface area contributed by atoms with Crippen molar-refractivity contribution in [3.05, 3.63) is 41.0 Å². The molecule has 6 heteroatoms. The number of nitrogens with two attached hydrogens (primary N) is 1. The highest BCUT2D eigenvalue weighted by atomic mass is 32.1. The van der Waals surface area contributed by atoms with E-state index in [1.54, 1.807) is 17.4 Å². The van der Waals surface area contributed by atoms with Gasteiger partial charge in [-0.2, -0.15) is 4.98 Å². The van der Waals surface area contributed by atoms with Crippen LogP contribution in [0.5, 0.6) is 0 Å². The fourth-order valence-electron chi connectivity index (χ4n) is 2.21. The van der Waals surface area contributed by atoms with Gasteiger partial charge in [-0.05, 0) is 30.7 Å². The molecule has 3 rings (SSSR count). The van der Waals surface area contributed by atoms with Gasteiger partial charge in [0.15, 0.2) is 0 Å². The quantitative estimate of drug-likeness (QED) is 0.800. The molecule has 0 amide bonds. The molecule has 2 heterocycles. The lowest BCUT2D eigenvalue weighted by Crippen LogP contribution is -2.13. The van der Waals surface area contributed by atoms with E-state index in [1.165, 1.54) is 17.0 Å². The summed E-state index contributed by atoms with van der Waals surface area (Å²) in [7, 11) is 1.85. The molecular formula is C15H15FN4S. The molecule has 3 aromatic rings. The molecule has 0 unspecified atom stereocenters. The number of aryl methyl sites for hydroxylation is 1. The average molecular weight is 302 g/mol. The largest absolute Gasteiger partial charge is 0.368 e. The molecule has 2 N–H and O–H groups in total. The van der Waals surface area contributed by atoms with Crippen LogP contribution in [0.4, 0.5) is 21.8 Å². The fourth-order valence-corrected chi connectivity index (χ4v) is 3.18. The summed E-state index contributed by atoms with van der Waals surface area (Å²) in [6, 6.07) is 8.47. The number of aromatic nitrogens is 2. The number of fused-ring (bicyclic) bond motifs is 1. The van der Waals surface area contributed by atoms with Gasteiger partial charge < -0.3 is 10.6 Å². The van der Waals surface area contributed by atoms with Crippen LogP contribution in [0.2, 0.25) is 0 Å². The minimum absolute atomic E-state index is 0.227. The average Bonchev–Trinajstić information content (AvgIpc) is 2.88. The minimum atomic E-state index is -0.280. The Balaban J connectivity index is 2.16. The molecule has 0 aliphatic heterocycles. The highest BCUT2D eigenvalue weighted by Crippen LogP contribution is 2.34. The summed E-state index contributed by atoms with van der Waals surface area (Å²) in [6.07, 6.45) is 0.935. The van der Waals surface area contributed by atoms with E-state index in [1.807, 2.05) is 18.0 Å². The molecule has 0 saturated heterocycles. The van der Waals surface area contributed by atoms with Gasteiger partial charge in [-0.25, -0.2) is 9.37 Å². The molecule has 4 nitrogen and oxygen atoms in total. The monoisotopic (exact) mass is 302 g/mol. The Hall–Kier alpha value is -2.21. The van der Waals surface area contributed by atoms with Gasteiger partial charge >= 0.3 is 0 Å². The molecule has 0 aliphatic rings. The third-order valence-electron chi connectivity index (χ3n) is 3.30. The Labute approximate surface area is 126 Å². The maximum absolute atomic E-state index is 13.4. The summed E-state index contributed by atoms with van der Waals surface area (Å²) in [6.45, 7) is 2.09. The van der Waals surface area contributed by atoms with Gasteiger partial charge in [0.25, 0.3) is 0 Å². The van der Waals surface area contributed by atoms with Crippen molar-refractivity contribution in [2.75, 3.05) is 17.7 Å². The standard InChI is InChI=1S/C15H15FN4S/c1-3-11-8-12-13(18-15(17)19-14(12)21-11)20(2)10-6-4-5-9(16)7-10/h4-8H,3H2,1-2H3,(H2,17,18,19). The number of benzene rings is 1. The van der Waals surface area contributed by atoms with E-state index >= 15 is 0 Å². The number of nitrogens with zero attached hydrogens (tertiary/aromatic N) is 3. The van der Waals surface area contributed by atoms with Crippen LogP contribution in [0.15, 0.2) is 30.3 Å². The number of halogens is 1. The van der Waals surface area contributed by atoms with Crippen molar-refractivity contribution in [3.8, 4) is 0 Å². The lowest BCUT2D eigenvalue weighted by molar-refractivity contribution is 0.628. The number of anilines is 3. The first-order valence-electron chi connectivity index (χ1n) is 6.63. The van der Waals surface area contributed by atoms with Gasteiger partial charge in [-0.1, -0.05) is 13.0 Å². The van der Waals surface area contributed by atoms with Crippen LogP contribution in [0, 0.1) is 5.82 Å². The number of nitrogen functional groups attached to an aromatic ring is 1. The number of hydrogen-bond donors (Lipinski definition) is 1. The van der Waals surface area contributed by atoms with Gasteiger partial charge in [-0.15, -0.1) is 11.3 Å². The van der Waals surface area contributed by atoms with Crippen LogP contribution >= 0.6 is 11.3 Å². The second-order valence-electron chi connectivity index (χ2n) is 4.73. The van der Waals surface area contributed by atoms with Crippen LogP contribution in [0.3, 0.4) is 0 Å².